The van der Waals surface area contributed by atoms with E-state index in [1.807, 2.05) is 0 Å². The molecule has 2 N–H and O–H groups in total. The normalized spacial score (nSPS) is 11.3. The number of ether oxygens (including phenoxy) is 2. The standard InChI is InChI=1S/C24H18BrF3N2O5/c1-34-20-10-15(12-29-30-22(31)16-5-3-7-18(11-16)24(26,27)28)9-19(25)21(20)35-13-14-4-2-6-17(8-14)23(32)33/h2-12H,13H2,1H3,(H,30,31)(H,32,33)/b29-12-. The third-order valence-corrected chi connectivity index (χ3v) is 5.23. The molecule has 182 valence electrons. The molecule has 3 aromatic rings. The van der Waals surface area contributed by atoms with Gasteiger partial charge in [-0.05, 0) is 69.5 Å². The number of hydrogen-bond acceptors (Lipinski definition) is 5. The lowest BCUT2D eigenvalue weighted by molar-refractivity contribution is -0.137. The van der Waals surface area contributed by atoms with Gasteiger partial charge in [0, 0.05) is 5.56 Å². The summed E-state index contributed by atoms with van der Waals surface area (Å²) >= 11 is 3.38. The van der Waals surface area contributed by atoms with Gasteiger partial charge in [0.1, 0.15) is 6.61 Å². The summed E-state index contributed by atoms with van der Waals surface area (Å²) in [5, 5.41) is 12.9. The molecular formula is C24H18BrF3N2O5. The van der Waals surface area contributed by atoms with Gasteiger partial charge in [0.15, 0.2) is 11.5 Å². The first-order valence-corrected chi connectivity index (χ1v) is 10.7. The Kier molecular flexibility index (Phi) is 8.13. The van der Waals surface area contributed by atoms with E-state index in [1.54, 1.807) is 24.3 Å². The zero-order valence-electron chi connectivity index (χ0n) is 18.1. The van der Waals surface area contributed by atoms with E-state index in [-0.39, 0.29) is 17.7 Å². The number of alkyl halides is 3. The molecule has 35 heavy (non-hydrogen) atoms. The molecule has 1 amide bonds. The van der Waals surface area contributed by atoms with Gasteiger partial charge in [-0.1, -0.05) is 18.2 Å². The van der Waals surface area contributed by atoms with Crippen molar-refractivity contribution in [1.82, 2.24) is 5.43 Å². The second-order valence-corrected chi connectivity index (χ2v) is 7.96. The van der Waals surface area contributed by atoms with Crippen molar-refractivity contribution in [2.45, 2.75) is 12.8 Å². The molecular weight excluding hydrogens is 533 g/mol. The molecule has 0 unspecified atom stereocenters. The Hall–Kier alpha value is -3.86. The number of aromatic carboxylic acids is 1. The van der Waals surface area contributed by atoms with Crippen molar-refractivity contribution in [2.24, 2.45) is 5.10 Å². The summed E-state index contributed by atoms with van der Waals surface area (Å²) in [4.78, 5) is 23.3. The molecule has 7 nitrogen and oxygen atoms in total. The Morgan fingerprint density at radius 1 is 1.09 bits per heavy atom. The van der Waals surface area contributed by atoms with Crippen LogP contribution in [0.5, 0.6) is 11.5 Å². The fraction of sp³-hybridized carbons (Fsp3) is 0.125. The quantitative estimate of drug-likeness (QED) is 0.284. The topological polar surface area (TPSA) is 97.2 Å². The lowest BCUT2D eigenvalue weighted by atomic mass is 10.1. The van der Waals surface area contributed by atoms with Crippen molar-refractivity contribution in [3.8, 4) is 11.5 Å². The minimum Gasteiger partial charge on any atom is -0.493 e. The number of rotatable bonds is 8. The van der Waals surface area contributed by atoms with Crippen LogP contribution in [-0.2, 0) is 12.8 Å². The molecule has 0 bridgehead atoms. The van der Waals surface area contributed by atoms with Crippen LogP contribution in [0, 0.1) is 0 Å². The van der Waals surface area contributed by atoms with Gasteiger partial charge in [0.05, 0.1) is 28.9 Å². The van der Waals surface area contributed by atoms with E-state index in [9.17, 15) is 22.8 Å². The first-order chi connectivity index (χ1) is 16.6. The van der Waals surface area contributed by atoms with Gasteiger partial charge < -0.3 is 14.6 Å². The van der Waals surface area contributed by atoms with Crippen molar-refractivity contribution in [1.29, 1.82) is 0 Å². The predicted octanol–water partition coefficient (Wildman–Crippen LogP) is 5.52. The van der Waals surface area contributed by atoms with E-state index in [2.05, 4.69) is 26.5 Å². The maximum absolute atomic E-state index is 12.8. The number of halogens is 4. The average molecular weight is 551 g/mol. The Balaban J connectivity index is 1.70. The fourth-order valence-electron chi connectivity index (χ4n) is 2.97. The van der Waals surface area contributed by atoms with E-state index >= 15 is 0 Å². The first-order valence-electron chi connectivity index (χ1n) is 9.91. The average Bonchev–Trinajstić information content (AvgIpc) is 2.82. The smallest absolute Gasteiger partial charge is 0.416 e. The number of nitrogens with zero attached hydrogens (tertiary/aromatic N) is 1. The van der Waals surface area contributed by atoms with Crippen LogP contribution in [0.2, 0.25) is 0 Å². The number of carbonyl (C=O) groups excluding carboxylic acids is 1. The first kappa shape index (κ1) is 25.8. The molecule has 0 aliphatic carbocycles. The van der Waals surface area contributed by atoms with Gasteiger partial charge in [0.25, 0.3) is 5.91 Å². The lowest BCUT2D eigenvalue weighted by Gasteiger charge is -2.14. The molecule has 3 aromatic carbocycles. The molecule has 0 radical (unpaired) electrons. The molecule has 0 aromatic heterocycles. The number of methoxy groups -OCH3 is 1. The van der Waals surface area contributed by atoms with E-state index in [0.717, 1.165) is 18.2 Å². The number of hydrazone groups is 1. The van der Waals surface area contributed by atoms with Crippen LogP contribution in [0.1, 0.15) is 37.4 Å². The van der Waals surface area contributed by atoms with Crippen molar-refractivity contribution in [3.63, 3.8) is 0 Å². The maximum atomic E-state index is 12.8. The van der Waals surface area contributed by atoms with Crippen LogP contribution in [-0.4, -0.2) is 30.3 Å². The zero-order chi connectivity index (χ0) is 25.6. The zero-order valence-corrected chi connectivity index (χ0v) is 19.7. The molecule has 0 saturated carbocycles. The van der Waals surface area contributed by atoms with E-state index in [0.29, 0.717) is 27.1 Å². The van der Waals surface area contributed by atoms with Gasteiger partial charge in [-0.25, -0.2) is 10.2 Å². The summed E-state index contributed by atoms with van der Waals surface area (Å²) in [5.74, 6) is -1.16. The van der Waals surface area contributed by atoms with Crippen molar-refractivity contribution >= 4 is 34.0 Å². The van der Waals surface area contributed by atoms with Crippen LogP contribution in [0.25, 0.3) is 0 Å². The number of carboxylic acid groups (broad SMARTS) is 1. The minimum atomic E-state index is -4.56. The highest BCUT2D eigenvalue weighted by atomic mass is 79.9. The van der Waals surface area contributed by atoms with Crippen LogP contribution >= 0.6 is 15.9 Å². The third-order valence-electron chi connectivity index (χ3n) is 4.64. The number of amides is 1. The second kappa shape index (κ2) is 11.0. The van der Waals surface area contributed by atoms with Gasteiger partial charge in [-0.2, -0.15) is 18.3 Å². The van der Waals surface area contributed by atoms with Gasteiger partial charge >= 0.3 is 12.1 Å². The summed E-state index contributed by atoms with van der Waals surface area (Å²) in [7, 11) is 1.43. The molecule has 0 spiro atoms. The maximum Gasteiger partial charge on any atom is 0.416 e. The Morgan fingerprint density at radius 3 is 2.49 bits per heavy atom. The summed E-state index contributed by atoms with van der Waals surface area (Å²) in [5.41, 5.74) is 2.34. The lowest BCUT2D eigenvalue weighted by Crippen LogP contribution is -2.18. The predicted molar refractivity (Wildman–Crippen MR) is 125 cm³/mol. The van der Waals surface area contributed by atoms with Crippen molar-refractivity contribution in [2.75, 3.05) is 7.11 Å². The van der Waals surface area contributed by atoms with Gasteiger partial charge in [-0.15, -0.1) is 0 Å². The summed E-state index contributed by atoms with van der Waals surface area (Å²) in [6.07, 6.45) is -3.27. The fourth-order valence-corrected chi connectivity index (χ4v) is 3.54. The van der Waals surface area contributed by atoms with Crippen molar-refractivity contribution in [3.05, 3.63) is 93.0 Å². The van der Waals surface area contributed by atoms with Crippen LogP contribution in [0.3, 0.4) is 0 Å². The number of hydrogen-bond donors (Lipinski definition) is 2. The highest BCUT2D eigenvalue weighted by Gasteiger charge is 2.30. The summed E-state index contributed by atoms with van der Waals surface area (Å²) < 4.78 is 50.2. The van der Waals surface area contributed by atoms with Gasteiger partial charge in [0.2, 0.25) is 0 Å². The molecule has 0 aliphatic rings. The summed E-state index contributed by atoms with van der Waals surface area (Å²) in [6, 6.07) is 13.5. The number of nitrogens with one attached hydrogen (secondary N) is 1. The Bertz CT molecular complexity index is 1280. The molecule has 0 saturated heterocycles. The highest BCUT2D eigenvalue weighted by Crippen LogP contribution is 2.37. The van der Waals surface area contributed by atoms with Crippen LogP contribution in [0.4, 0.5) is 13.2 Å². The number of carbonyl (C=O) groups is 2. The molecule has 3 rings (SSSR count). The molecule has 0 heterocycles. The number of carboxylic acids is 1. The van der Waals surface area contributed by atoms with Crippen LogP contribution in [0.15, 0.2) is 70.2 Å². The van der Waals surface area contributed by atoms with E-state index < -0.39 is 23.6 Å². The third kappa shape index (κ3) is 6.82. The molecule has 0 aliphatic heterocycles. The Labute approximate surface area is 206 Å². The van der Waals surface area contributed by atoms with Gasteiger partial charge in [-0.3, -0.25) is 4.79 Å². The SMILES string of the molecule is COc1cc(/C=N\NC(=O)c2cccc(C(F)(F)F)c2)cc(Br)c1OCc1cccc(C(=O)O)c1. The van der Waals surface area contributed by atoms with E-state index in [4.69, 9.17) is 14.6 Å². The molecule has 0 fully saturated rings. The number of benzene rings is 3. The highest BCUT2D eigenvalue weighted by molar-refractivity contribution is 9.10. The van der Waals surface area contributed by atoms with E-state index in [1.165, 1.54) is 31.5 Å². The minimum absolute atomic E-state index is 0.0799. The monoisotopic (exact) mass is 550 g/mol. The molecule has 11 heteroatoms. The second-order valence-electron chi connectivity index (χ2n) is 7.11. The largest absolute Gasteiger partial charge is 0.493 e. The summed E-state index contributed by atoms with van der Waals surface area (Å²) in [6.45, 7) is 0.0799. The van der Waals surface area contributed by atoms with Crippen molar-refractivity contribution < 1.29 is 37.3 Å². The molecule has 0 atom stereocenters. The Morgan fingerprint density at radius 2 is 1.80 bits per heavy atom. The van der Waals surface area contributed by atoms with Crippen LogP contribution < -0.4 is 14.9 Å².